The molecule has 0 amide bonds. The van der Waals surface area contributed by atoms with E-state index in [0.717, 1.165) is 41.4 Å². The average Bonchev–Trinajstić information content (AvgIpc) is 3.39. The Balaban J connectivity index is 1.38. The van der Waals surface area contributed by atoms with Gasteiger partial charge in [0.05, 0.1) is 25.3 Å². The molecule has 0 saturated carbocycles. The predicted molar refractivity (Wildman–Crippen MR) is 124 cm³/mol. The van der Waals surface area contributed by atoms with Gasteiger partial charge >= 0.3 is 5.97 Å². The van der Waals surface area contributed by atoms with Gasteiger partial charge in [0.2, 0.25) is 0 Å². The molecule has 0 fully saturated rings. The number of anilines is 2. The standard InChI is InChI=1S/C27H27NO4/c1-2-28(21-7-4-3-5-8-21)24-10-6-9-23-19(17-32-27(23)24)13-18-11-12-22-20(15-26(29)30)16-31-25(22)14-18/h3-12,14,19-20H,2,13,15-17H2,1H3,(H,29,30)/t19-,20-/m1/s1. The van der Waals surface area contributed by atoms with E-state index in [1.807, 2.05) is 12.1 Å². The fourth-order valence-corrected chi connectivity index (χ4v) is 4.89. The molecule has 2 aliphatic heterocycles. The lowest BCUT2D eigenvalue weighted by atomic mass is 9.91. The van der Waals surface area contributed by atoms with Gasteiger partial charge in [-0.3, -0.25) is 4.79 Å². The highest BCUT2D eigenvalue weighted by atomic mass is 16.5. The number of ether oxygens (including phenoxy) is 2. The molecule has 2 atom stereocenters. The Morgan fingerprint density at radius 2 is 1.78 bits per heavy atom. The van der Waals surface area contributed by atoms with E-state index < -0.39 is 5.97 Å². The topological polar surface area (TPSA) is 59.0 Å². The first-order valence-corrected chi connectivity index (χ1v) is 11.2. The van der Waals surface area contributed by atoms with Gasteiger partial charge in [-0.2, -0.15) is 0 Å². The summed E-state index contributed by atoms with van der Waals surface area (Å²) in [7, 11) is 0. The van der Waals surface area contributed by atoms with Crippen molar-refractivity contribution in [3.8, 4) is 11.5 Å². The van der Waals surface area contributed by atoms with Crippen molar-refractivity contribution in [2.24, 2.45) is 0 Å². The molecule has 3 aromatic rings. The molecule has 3 aromatic carbocycles. The third-order valence-corrected chi connectivity index (χ3v) is 6.43. The van der Waals surface area contributed by atoms with E-state index in [1.165, 1.54) is 11.1 Å². The second-order valence-corrected chi connectivity index (χ2v) is 8.47. The van der Waals surface area contributed by atoms with Crippen LogP contribution in [-0.2, 0) is 11.2 Å². The van der Waals surface area contributed by atoms with Crippen LogP contribution in [0.25, 0.3) is 0 Å². The van der Waals surface area contributed by atoms with Gasteiger partial charge in [-0.1, -0.05) is 42.5 Å². The maximum Gasteiger partial charge on any atom is 0.304 e. The molecule has 0 unspecified atom stereocenters. The normalized spacial score (nSPS) is 18.4. The van der Waals surface area contributed by atoms with Gasteiger partial charge in [-0.15, -0.1) is 0 Å². The van der Waals surface area contributed by atoms with E-state index >= 15 is 0 Å². The van der Waals surface area contributed by atoms with E-state index in [0.29, 0.717) is 13.2 Å². The van der Waals surface area contributed by atoms with Gasteiger partial charge in [0.1, 0.15) is 11.5 Å². The monoisotopic (exact) mass is 429 g/mol. The first kappa shape index (κ1) is 20.4. The van der Waals surface area contributed by atoms with E-state index in [1.54, 1.807) is 0 Å². The third-order valence-electron chi connectivity index (χ3n) is 6.43. The molecule has 0 aromatic heterocycles. The van der Waals surface area contributed by atoms with Gasteiger partial charge in [0.15, 0.2) is 0 Å². The number of hydrogen-bond donors (Lipinski definition) is 1. The average molecular weight is 430 g/mol. The highest BCUT2D eigenvalue weighted by Gasteiger charge is 2.30. The van der Waals surface area contributed by atoms with Crippen LogP contribution < -0.4 is 14.4 Å². The molecule has 2 heterocycles. The number of carboxylic acid groups (broad SMARTS) is 1. The fourth-order valence-electron chi connectivity index (χ4n) is 4.89. The maximum atomic E-state index is 11.1. The van der Waals surface area contributed by atoms with Gasteiger partial charge in [0, 0.05) is 35.2 Å². The van der Waals surface area contributed by atoms with Crippen molar-refractivity contribution in [3.05, 3.63) is 83.4 Å². The number of carbonyl (C=O) groups is 1. The summed E-state index contributed by atoms with van der Waals surface area (Å²) in [6.45, 7) is 4.10. The van der Waals surface area contributed by atoms with Crippen molar-refractivity contribution in [2.45, 2.75) is 31.6 Å². The number of benzene rings is 3. The van der Waals surface area contributed by atoms with Crippen LogP contribution in [0.3, 0.4) is 0 Å². The molecule has 2 aliphatic rings. The zero-order valence-electron chi connectivity index (χ0n) is 18.2. The first-order valence-electron chi connectivity index (χ1n) is 11.2. The van der Waals surface area contributed by atoms with Crippen molar-refractivity contribution in [2.75, 3.05) is 24.7 Å². The zero-order chi connectivity index (χ0) is 22.1. The summed E-state index contributed by atoms with van der Waals surface area (Å²) in [5.41, 5.74) is 5.68. The highest BCUT2D eigenvalue weighted by molar-refractivity contribution is 5.72. The molecule has 32 heavy (non-hydrogen) atoms. The third kappa shape index (κ3) is 3.79. The summed E-state index contributed by atoms with van der Waals surface area (Å²) in [5, 5.41) is 9.12. The Morgan fingerprint density at radius 1 is 0.969 bits per heavy atom. The highest BCUT2D eigenvalue weighted by Crippen LogP contribution is 2.45. The Labute approximate surface area is 188 Å². The lowest BCUT2D eigenvalue weighted by Gasteiger charge is -2.25. The van der Waals surface area contributed by atoms with Crippen molar-refractivity contribution in [1.82, 2.24) is 0 Å². The van der Waals surface area contributed by atoms with Crippen LogP contribution in [0.5, 0.6) is 11.5 Å². The van der Waals surface area contributed by atoms with Crippen LogP contribution in [-0.4, -0.2) is 30.8 Å². The van der Waals surface area contributed by atoms with Gasteiger partial charge in [0.25, 0.3) is 0 Å². The number of carboxylic acids is 1. The van der Waals surface area contributed by atoms with Gasteiger partial charge in [-0.25, -0.2) is 0 Å². The van der Waals surface area contributed by atoms with Crippen LogP contribution >= 0.6 is 0 Å². The first-order chi connectivity index (χ1) is 15.6. The van der Waals surface area contributed by atoms with Crippen LogP contribution in [0.1, 0.15) is 41.9 Å². The molecule has 0 radical (unpaired) electrons. The van der Waals surface area contributed by atoms with Crippen LogP contribution in [0.15, 0.2) is 66.7 Å². The van der Waals surface area contributed by atoms with Gasteiger partial charge in [-0.05, 0) is 43.2 Å². The number of hydrogen-bond acceptors (Lipinski definition) is 4. The minimum Gasteiger partial charge on any atom is -0.493 e. The Hall–Kier alpha value is -3.47. The molecule has 5 heteroatoms. The van der Waals surface area contributed by atoms with E-state index in [-0.39, 0.29) is 18.3 Å². The fraction of sp³-hybridized carbons (Fsp3) is 0.296. The van der Waals surface area contributed by atoms with Crippen LogP contribution in [0.2, 0.25) is 0 Å². The number of rotatable bonds is 7. The predicted octanol–water partition coefficient (Wildman–Crippen LogP) is 5.51. The molecular formula is C27H27NO4. The van der Waals surface area contributed by atoms with Crippen LogP contribution in [0, 0.1) is 0 Å². The molecule has 0 saturated heterocycles. The summed E-state index contributed by atoms with van der Waals surface area (Å²) >= 11 is 0. The minimum absolute atomic E-state index is 0.0624. The van der Waals surface area contributed by atoms with Crippen molar-refractivity contribution in [1.29, 1.82) is 0 Å². The molecule has 5 nitrogen and oxygen atoms in total. The van der Waals surface area contributed by atoms with Crippen molar-refractivity contribution in [3.63, 3.8) is 0 Å². The summed E-state index contributed by atoms with van der Waals surface area (Å²) < 4.78 is 12.0. The molecule has 0 spiro atoms. The number of fused-ring (bicyclic) bond motifs is 2. The van der Waals surface area contributed by atoms with Crippen LogP contribution in [0.4, 0.5) is 11.4 Å². The lowest BCUT2D eigenvalue weighted by Crippen LogP contribution is -2.16. The Bertz CT molecular complexity index is 1130. The lowest BCUT2D eigenvalue weighted by molar-refractivity contribution is -0.137. The SMILES string of the molecule is CCN(c1ccccc1)c1cccc2c1OC[C@H]2Cc1ccc2c(c1)OC[C@H]2CC(=O)O. The number of nitrogens with zero attached hydrogens (tertiary/aromatic N) is 1. The smallest absolute Gasteiger partial charge is 0.304 e. The molecule has 0 bridgehead atoms. The second-order valence-electron chi connectivity index (χ2n) is 8.47. The summed E-state index contributed by atoms with van der Waals surface area (Å²) in [6, 6.07) is 23.0. The Kier molecular flexibility index (Phi) is 5.48. The molecule has 164 valence electrons. The van der Waals surface area contributed by atoms with E-state index in [2.05, 4.69) is 66.4 Å². The summed E-state index contributed by atoms with van der Waals surface area (Å²) in [4.78, 5) is 13.4. The quantitative estimate of drug-likeness (QED) is 0.536. The largest absolute Gasteiger partial charge is 0.493 e. The minimum atomic E-state index is -0.789. The maximum absolute atomic E-state index is 11.1. The summed E-state index contributed by atoms with van der Waals surface area (Å²) in [6.07, 6.45) is 0.961. The molecule has 1 N–H and O–H groups in total. The van der Waals surface area contributed by atoms with E-state index in [4.69, 9.17) is 14.6 Å². The van der Waals surface area contributed by atoms with E-state index in [9.17, 15) is 4.79 Å². The van der Waals surface area contributed by atoms with Gasteiger partial charge < -0.3 is 19.5 Å². The van der Waals surface area contributed by atoms with Crippen molar-refractivity contribution < 1.29 is 19.4 Å². The molecular weight excluding hydrogens is 402 g/mol. The number of para-hydroxylation sites is 2. The molecule has 0 aliphatic carbocycles. The Morgan fingerprint density at radius 3 is 2.56 bits per heavy atom. The zero-order valence-corrected chi connectivity index (χ0v) is 18.2. The second kappa shape index (κ2) is 8.58. The molecule has 5 rings (SSSR count). The number of aliphatic carboxylic acids is 1. The van der Waals surface area contributed by atoms with Crippen molar-refractivity contribution >= 4 is 17.3 Å². The summed E-state index contributed by atoms with van der Waals surface area (Å²) in [5.74, 6) is 1.22.